The van der Waals surface area contributed by atoms with Crippen molar-refractivity contribution in [2.75, 3.05) is 4.90 Å². The summed E-state index contributed by atoms with van der Waals surface area (Å²) in [4.78, 5) is 26.9. The smallest absolute Gasteiger partial charge is 0.238 e. The molecule has 0 spiro atoms. The van der Waals surface area contributed by atoms with Crippen molar-refractivity contribution in [2.45, 2.75) is 6.42 Å². The topological polar surface area (TPSA) is 57.6 Å². The minimum atomic E-state index is -0.162. The largest absolute Gasteiger partial charge is 0.508 e. The van der Waals surface area contributed by atoms with Crippen LogP contribution in [0.2, 0.25) is 0 Å². The van der Waals surface area contributed by atoms with Gasteiger partial charge in [-0.2, -0.15) is 0 Å². The van der Waals surface area contributed by atoms with Crippen molar-refractivity contribution in [1.82, 2.24) is 0 Å². The summed E-state index contributed by atoms with van der Waals surface area (Å²) in [7, 11) is 0. The normalized spacial score (nSPS) is 42.2. The fourth-order valence-electron chi connectivity index (χ4n) is 4.81. The summed E-state index contributed by atoms with van der Waals surface area (Å²) in [5, 5.41) is 9.37. The molecule has 1 aromatic rings. The van der Waals surface area contributed by atoms with Crippen LogP contribution in [0.1, 0.15) is 6.42 Å². The van der Waals surface area contributed by atoms with E-state index in [9.17, 15) is 14.7 Å². The molecule has 21 heavy (non-hydrogen) atoms. The van der Waals surface area contributed by atoms with Crippen molar-refractivity contribution in [3.05, 3.63) is 36.4 Å². The summed E-state index contributed by atoms with van der Waals surface area (Å²) >= 11 is 0. The highest BCUT2D eigenvalue weighted by Gasteiger charge is 2.67. The summed E-state index contributed by atoms with van der Waals surface area (Å²) in [6, 6.07) is 6.31. The number of carbonyl (C=O) groups excluding carboxylic acids is 2. The lowest BCUT2D eigenvalue weighted by Crippen LogP contribution is -2.40. The number of aromatic hydroxyl groups is 1. The summed E-state index contributed by atoms with van der Waals surface area (Å²) in [5.41, 5.74) is 0.574. The molecule has 6 rings (SSSR count). The van der Waals surface area contributed by atoms with Crippen molar-refractivity contribution >= 4 is 17.5 Å². The Morgan fingerprint density at radius 2 is 1.43 bits per heavy atom. The van der Waals surface area contributed by atoms with Gasteiger partial charge in [-0.15, -0.1) is 0 Å². The van der Waals surface area contributed by atoms with Crippen LogP contribution in [0, 0.1) is 35.5 Å². The van der Waals surface area contributed by atoms with Gasteiger partial charge < -0.3 is 5.11 Å². The van der Waals surface area contributed by atoms with Crippen molar-refractivity contribution in [3.63, 3.8) is 0 Å². The molecule has 3 fully saturated rings. The number of benzene rings is 1. The first kappa shape index (κ1) is 11.5. The Morgan fingerprint density at radius 3 is 1.95 bits per heavy atom. The number of imide groups is 1. The van der Waals surface area contributed by atoms with Gasteiger partial charge in [-0.25, -0.2) is 0 Å². The van der Waals surface area contributed by atoms with Gasteiger partial charge >= 0.3 is 0 Å². The molecular formula is C17H15NO3. The molecule has 2 amide bonds. The van der Waals surface area contributed by atoms with Gasteiger partial charge in [0.25, 0.3) is 0 Å². The van der Waals surface area contributed by atoms with E-state index in [4.69, 9.17) is 0 Å². The molecule has 5 aliphatic rings. The third-order valence-electron chi connectivity index (χ3n) is 5.77. The lowest BCUT2D eigenvalue weighted by atomic mass is 9.63. The summed E-state index contributed by atoms with van der Waals surface area (Å²) in [6.45, 7) is 0. The average Bonchev–Trinajstić information content (AvgIpc) is 3.26. The highest BCUT2D eigenvalue weighted by Crippen LogP contribution is 2.65. The minimum Gasteiger partial charge on any atom is -0.508 e. The number of carbonyl (C=O) groups is 2. The molecule has 0 radical (unpaired) electrons. The number of phenolic OH excluding ortho intramolecular Hbond substituents is 1. The van der Waals surface area contributed by atoms with E-state index in [1.807, 2.05) is 0 Å². The van der Waals surface area contributed by atoms with Gasteiger partial charge in [-0.3, -0.25) is 14.5 Å². The van der Waals surface area contributed by atoms with Crippen LogP contribution in [0.5, 0.6) is 5.75 Å². The molecule has 2 bridgehead atoms. The number of anilines is 1. The summed E-state index contributed by atoms with van der Waals surface area (Å²) in [6.07, 6.45) is 5.52. The summed E-state index contributed by atoms with van der Waals surface area (Å²) in [5.74, 6) is 1.46. The number of amides is 2. The number of hydrogen-bond acceptors (Lipinski definition) is 3. The van der Waals surface area contributed by atoms with Gasteiger partial charge in [0.1, 0.15) is 5.75 Å². The molecule has 2 unspecified atom stereocenters. The van der Waals surface area contributed by atoms with Crippen molar-refractivity contribution < 1.29 is 14.7 Å². The second-order valence-electron chi connectivity index (χ2n) is 6.68. The van der Waals surface area contributed by atoms with E-state index in [1.165, 1.54) is 23.5 Å². The van der Waals surface area contributed by atoms with E-state index < -0.39 is 0 Å². The van der Waals surface area contributed by atoms with Crippen LogP contribution in [0.4, 0.5) is 5.69 Å². The van der Waals surface area contributed by atoms with Gasteiger partial charge in [0.2, 0.25) is 11.8 Å². The SMILES string of the molecule is O=C1[C@@H]2[C@H](C(=O)N1c1ccc(O)cc1)[C@@H]1C=C[C@H]2C2CC21. The predicted molar refractivity (Wildman–Crippen MR) is 75.3 cm³/mol. The number of phenols is 1. The van der Waals surface area contributed by atoms with E-state index in [0.717, 1.165) is 0 Å². The number of hydrogen-bond donors (Lipinski definition) is 1. The summed E-state index contributed by atoms with van der Waals surface area (Å²) < 4.78 is 0. The van der Waals surface area contributed by atoms with Crippen LogP contribution >= 0.6 is 0 Å². The van der Waals surface area contributed by atoms with Crippen LogP contribution in [-0.4, -0.2) is 16.9 Å². The molecule has 1 N–H and O–H groups in total. The second kappa shape index (κ2) is 3.56. The van der Waals surface area contributed by atoms with Crippen molar-refractivity contribution in [1.29, 1.82) is 0 Å². The van der Waals surface area contributed by atoms with Crippen LogP contribution in [0.15, 0.2) is 36.4 Å². The highest BCUT2D eigenvalue weighted by atomic mass is 16.3. The molecule has 1 aliphatic heterocycles. The first-order chi connectivity index (χ1) is 10.2. The number of nitrogens with zero attached hydrogens (tertiary/aromatic N) is 1. The Labute approximate surface area is 122 Å². The minimum absolute atomic E-state index is 0.0552. The van der Waals surface area contributed by atoms with Gasteiger partial charge in [0.05, 0.1) is 17.5 Å². The Hall–Kier alpha value is -2.10. The highest BCUT2D eigenvalue weighted by molar-refractivity contribution is 6.22. The Morgan fingerprint density at radius 1 is 0.905 bits per heavy atom. The number of rotatable bonds is 1. The monoisotopic (exact) mass is 281 g/mol. The zero-order valence-electron chi connectivity index (χ0n) is 11.3. The Kier molecular flexibility index (Phi) is 1.96. The second-order valence-corrected chi connectivity index (χ2v) is 6.68. The Balaban J connectivity index is 1.58. The van der Waals surface area contributed by atoms with E-state index in [-0.39, 0.29) is 41.2 Å². The van der Waals surface area contributed by atoms with Gasteiger partial charge in [0.15, 0.2) is 0 Å². The molecule has 1 heterocycles. The first-order valence-electron chi connectivity index (χ1n) is 7.52. The van der Waals surface area contributed by atoms with Crippen LogP contribution in [-0.2, 0) is 9.59 Å². The van der Waals surface area contributed by atoms with Gasteiger partial charge in [-0.05, 0) is 54.4 Å². The van der Waals surface area contributed by atoms with Crippen LogP contribution < -0.4 is 4.90 Å². The molecule has 0 aromatic heterocycles. The Bertz CT molecular complexity index is 656. The molecule has 4 heteroatoms. The first-order valence-corrected chi connectivity index (χ1v) is 7.52. The lowest BCUT2D eigenvalue weighted by Gasteiger charge is -2.37. The van der Waals surface area contributed by atoms with Crippen molar-refractivity contribution in [3.8, 4) is 5.75 Å². The third kappa shape index (κ3) is 1.30. The standard InChI is InChI=1S/C17H15NO3/c19-9-3-1-8(2-4-9)18-16(20)14-10-5-6-11(13-7-12(10)13)15(14)17(18)21/h1-6,10-15,19H,7H2/t10-,11+,12?,13?,14-,15+. The molecular weight excluding hydrogens is 266 g/mol. The lowest BCUT2D eigenvalue weighted by molar-refractivity contribution is -0.124. The van der Waals surface area contributed by atoms with Crippen LogP contribution in [0.25, 0.3) is 0 Å². The van der Waals surface area contributed by atoms with Crippen molar-refractivity contribution in [2.24, 2.45) is 35.5 Å². The molecule has 4 aliphatic carbocycles. The maximum atomic E-state index is 12.8. The van der Waals surface area contributed by atoms with Gasteiger partial charge in [-0.1, -0.05) is 12.2 Å². The molecule has 2 saturated carbocycles. The molecule has 1 aromatic carbocycles. The van der Waals surface area contributed by atoms with Gasteiger partial charge in [0, 0.05) is 0 Å². The quantitative estimate of drug-likeness (QED) is 0.632. The zero-order valence-corrected chi connectivity index (χ0v) is 11.3. The van der Waals surface area contributed by atoms with E-state index in [1.54, 1.807) is 12.1 Å². The van der Waals surface area contributed by atoms with E-state index in [2.05, 4.69) is 12.2 Å². The zero-order chi connectivity index (χ0) is 14.3. The maximum Gasteiger partial charge on any atom is 0.238 e. The fourth-order valence-corrected chi connectivity index (χ4v) is 4.81. The molecule has 6 atom stereocenters. The van der Waals surface area contributed by atoms with Crippen LogP contribution in [0.3, 0.4) is 0 Å². The fraction of sp³-hybridized carbons (Fsp3) is 0.412. The third-order valence-corrected chi connectivity index (χ3v) is 5.77. The molecule has 1 saturated heterocycles. The average molecular weight is 281 g/mol. The number of allylic oxidation sites excluding steroid dienone is 2. The van der Waals surface area contributed by atoms with E-state index >= 15 is 0 Å². The molecule has 4 nitrogen and oxygen atoms in total. The molecule has 106 valence electrons. The maximum absolute atomic E-state index is 12.8. The predicted octanol–water partition coefficient (Wildman–Crippen LogP) is 1.95. The van der Waals surface area contributed by atoms with E-state index in [0.29, 0.717) is 17.5 Å².